The minimum atomic E-state index is -0.583. The molecule has 1 N–H and O–H groups in total. The minimum Gasteiger partial charge on any atom is -0.392 e. The standard InChI is InChI=1S/C44H43ClO5.K/c1-3-32-19-21-33(22-20-32)23-37-24-39(38(27-46)25-40(37)45)43-44(49-30-36-17-11-6-12-18-36)42(48-29-35-15-9-5-10-16-35)26-41(50-43)31(2)47-28-34-13-7-4-8-14-34;/h1,3-19,21-22,24-25,31,41-44,46H,23,26-30H2,2H3;/q-2;+1/t31?,41?,42?,43?,44-;/m1./s1. The molecule has 0 spiro atoms. The zero-order valence-corrected chi connectivity index (χ0v) is 33.2. The monoisotopic (exact) mass is 725 g/mol. The molecule has 7 heteroatoms. The summed E-state index contributed by atoms with van der Waals surface area (Å²) in [6.45, 7) is 8.77. The zero-order chi connectivity index (χ0) is 34.7. The number of aliphatic hydroxyl groups is 1. The third-order valence-corrected chi connectivity index (χ3v) is 9.53. The van der Waals surface area contributed by atoms with Gasteiger partial charge in [-0.25, -0.2) is 12.1 Å². The maximum atomic E-state index is 10.7. The Bertz CT molecular complexity index is 1790. The van der Waals surface area contributed by atoms with E-state index in [0.717, 1.165) is 38.9 Å². The van der Waals surface area contributed by atoms with E-state index in [2.05, 4.69) is 30.3 Å². The van der Waals surface area contributed by atoms with Crippen LogP contribution in [-0.2, 0) is 51.8 Å². The van der Waals surface area contributed by atoms with Crippen LogP contribution in [-0.4, -0.2) is 29.5 Å². The third kappa shape index (κ3) is 11.0. The van der Waals surface area contributed by atoms with E-state index < -0.39 is 12.2 Å². The van der Waals surface area contributed by atoms with Crippen molar-refractivity contribution in [3.63, 3.8) is 0 Å². The van der Waals surface area contributed by atoms with Crippen molar-refractivity contribution in [2.75, 3.05) is 0 Å². The zero-order valence-electron chi connectivity index (χ0n) is 29.3. The Labute approximate surface area is 350 Å². The van der Waals surface area contributed by atoms with Gasteiger partial charge in [0, 0.05) is 11.4 Å². The van der Waals surface area contributed by atoms with Crippen LogP contribution in [0.3, 0.4) is 0 Å². The van der Waals surface area contributed by atoms with E-state index in [0.29, 0.717) is 43.2 Å². The first kappa shape index (κ1) is 39.8. The van der Waals surface area contributed by atoms with Gasteiger partial charge in [0.05, 0.1) is 44.7 Å². The number of halogens is 1. The number of hydrogen-bond donors (Lipinski definition) is 1. The summed E-state index contributed by atoms with van der Waals surface area (Å²) in [6.07, 6.45) is 0.658. The molecule has 0 amide bonds. The van der Waals surface area contributed by atoms with Gasteiger partial charge in [-0.3, -0.25) is 0 Å². The van der Waals surface area contributed by atoms with Crippen LogP contribution in [0, 0.1) is 12.6 Å². The average molecular weight is 726 g/mol. The molecule has 51 heavy (non-hydrogen) atoms. The predicted molar refractivity (Wildman–Crippen MR) is 197 cm³/mol. The Kier molecular flexibility index (Phi) is 15.7. The molecule has 5 atom stereocenters. The summed E-state index contributed by atoms with van der Waals surface area (Å²) in [6, 6.07) is 43.3. The van der Waals surface area contributed by atoms with Crippen molar-refractivity contribution >= 4 is 17.7 Å². The Morgan fingerprint density at radius 3 is 2.00 bits per heavy atom. The van der Waals surface area contributed by atoms with Gasteiger partial charge in [-0.05, 0) is 52.8 Å². The van der Waals surface area contributed by atoms with Crippen molar-refractivity contribution in [3.05, 3.63) is 184 Å². The normalized spacial score (nSPS) is 19.2. The Morgan fingerprint density at radius 1 is 0.824 bits per heavy atom. The van der Waals surface area contributed by atoms with E-state index in [1.54, 1.807) is 0 Å². The van der Waals surface area contributed by atoms with Gasteiger partial charge in [-0.2, -0.15) is 12.1 Å². The molecule has 0 saturated carbocycles. The third-order valence-electron chi connectivity index (χ3n) is 9.18. The van der Waals surface area contributed by atoms with E-state index in [-0.39, 0.29) is 76.3 Å². The molecule has 0 bridgehead atoms. The summed E-state index contributed by atoms with van der Waals surface area (Å²) in [4.78, 5) is 0. The van der Waals surface area contributed by atoms with E-state index in [1.165, 1.54) is 6.08 Å². The topological polar surface area (TPSA) is 57.2 Å². The molecular weight excluding hydrogens is 683 g/mol. The molecule has 1 fully saturated rings. The summed E-state index contributed by atoms with van der Waals surface area (Å²) in [5.41, 5.74) is 7.45. The molecule has 1 aliphatic heterocycles. The number of rotatable bonds is 15. The van der Waals surface area contributed by atoms with Crippen LogP contribution in [0.5, 0.6) is 0 Å². The Hall–Kier alpha value is -2.43. The van der Waals surface area contributed by atoms with Gasteiger partial charge < -0.3 is 42.3 Å². The average Bonchev–Trinajstić information content (AvgIpc) is 3.17. The molecule has 0 aliphatic carbocycles. The van der Waals surface area contributed by atoms with Crippen LogP contribution >= 0.6 is 11.6 Å². The minimum absolute atomic E-state index is 0. The van der Waals surface area contributed by atoms with Gasteiger partial charge in [-0.1, -0.05) is 109 Å². The molecule has 6 rings (SSSR count). The first-order valence-corrected chi connectivity index (χ1v) is 17.5. The maximum Gasteiger partial charge on any atom is 1.00 e. The second-order valence-electron chi connectivity index (χ2n) is 12.7. The van der Waals surface area contributed by atoms with Crippen LogP contribution in [0.4, 0.5) is 0 Å². The van der Waals surface area contributed by atoms with Crippen LogP contribution in [0.2, 0.25) is 5.02 Å². The second-order valence-corrected chi connectivity index (χ2v) is 13.1. The SMILES string of the molecule is [CH-]=Cc1[c-]cc(Cc2cc(C3OC(C(C)OCc4ccccc4)CC(OCc4ccccc4)[C@H]3OCc3ccccc3)c(CO)cc2Cl)cc1.[K+]. The van der Waals surface area contributed by atoms with Crippen LogP contribution in [0.25, 0.3) is 6.08 Å². The summed E-state index contributed by atoms with van der Waals surface area (Å²) in [5, 5.41) is 11.2. The molecule has 0 radical (unpaired) electrons. The summed E-state index contributed by atoms with van der Waals surface area (Å²) in [5.74, 6) is 0. The Balaban J connectivity index is 0.00000504. The van der Waals surface area contributed by atoms with Crippen LogP contribution < -0.4 is 51.4 Å². The molecule has 1 heterocycles. The van der Waals surface area contributed by atoms with Gasteiger partial charge in [0.25, 0.3) is 0 Å². The molecule has 4 unspecified atom stereocenters. The molecule has 1 saturated heterocycles. The van der Waals surface area contributed by atoms with E-state index in [1.807, 2.05) is 104 Å². The van der Waals surface area contributed by atoms with Crippen molar-refractivity contribution in [1.82, 2.24) is 0 Å². The van der Waals surface area contributed by atoms with Crippen molar-refractivity contribution in [2.45, 2.75) is 76.7 Å². The summed E-state index contributed by atoms with van der Waals surface area (Å²) in [7, 11) is 0. The van der Waals surface area contributed by atoms with Gasteiger partial charge in [0.15, 0.2) is 0 Å². The number of hydrogen-bond acceptors (Lipinski definition) is 5. The Morgan fingerprint density at radius 2 is 1.43 bits per heavy atom. The fourth-order valence-corrected chi connectivity index (χ4v) is 6.61. The molecular formula is C44H43ClKO5-. The number of aliphatic hydroxyl groups excluding tert-OH is 1. The van der Waals surface area contributed by atoms with E-state index in [9.17, 15) is 5.11 Å². The first-order chi connectivity index (χ1) is 24.5. The van der Waals surface area contributed by atoms with E-state index >= 15 is 0 Å². The first-order valence-electron chi connectivity index (χ1n) is 17.1. The van der Waals surface area contributed by atoms with Gasteiger partial charge in [-0.15, -0.1) is 5.56 Å². The predicted octanol–water partition coefficient (Wildman–Crippen LogP) is 6.28. The molecule has 5 aromatic rings. The number of benzene rings is 5. The molecule has 5 aromatic carbocycles. The fourth-order valence-electron chi connectivity index (χ4n) is 6.36. The van der Waals surface area contributed by atoms with Gasteiger partial charge >= 0.3 is 51.4 Å². The van der Waals surface area contributed by atoms with Gasteiger partial charge in [0.1, 0.15) is 12.2 Å². The second kappa shape index (κ2) is 20.1. The summed E-state index contributed by atoms with van der Waals surface area (Å²) >= 11 is 6.87. The van der Waals surface area contributed by atoms with Gasteiger partial charge in [0.2, 0.25) is 0 Å². The molecule has 258 valence electrons. The largest absolute Gasteiger partial charge is 1.00 e. The molecule has 1 aliphatic rings. The van der Waals surface area contributed by atoms with Crippen molar-refractivity contribution in [1.29, 1.82) is 0 Å². The van der Waals surface area contributed by atoms with Crippen LogP contribution in [0.1, 0.15) is 64.0 Å². The fraction of sp³-hybridized carbons (Fsp3) is 0.273. The smallest absolute Gasteiger partial charge is 0.392 e. The van der Waals surface area contributed by atoms with E-state index in [4.69, 9.17) is 37.1 Å². The van der Waals surface area contributed by atoms with Crippen LogP contribution in [0.15, 0.2) is 121 Å². The van der Waals surface area contributed by atoms with Crippen molar-refractivity contribution in [3.8, 4) is 0 Å². The molecule has 0 aromatic heterocycles. The summed E-state index contributed by atoms with van der Waals surface area (Å²) < 4.78 is 27.0. The maximum absolute atomic E-state index is 10.7. The van der Waals surface area contributed by atoms with Crippen molar-refractivity contribution in [2.24, 2.45) is 0 Å². The van der Waals surface area contributed by atoms with Crippen molar-refractivity contribution < 1.29 is 75.4 Å². The number of ether oxygens (including phenoxy) is 4. The molecule has 5 nitrogen and oxygen atoms in total. The quantitative estimate of drug-likeness (QED) is 0.102.